The molecular weight excluding hydrogens is 207 g/mol. The molecule has 0 aliphatic rings. The van der Waals surface area contributed by atoms with Gasteiger partial charge in [-0.15, -0.1) is 0 Å². The van der Waals surface area contributed by atoms with Gasteiger partial charge in [-0.3, -0.25) is 0 Å². The highest BCUT2D eigenvalue weighted by Gasteiger charge is 2.26. The van der Waals surface area contributed by atoms with Crippen molar-refractivity contribution in [1.82, 2.24) is 4.57 Å². The molecule has 0 radical (unpaired) electrons. The summed E-state index contributed by atoms with van der Waals surface area (Å²) >= 11 is 0. The Balaban J connectivity index is 2.53. The van der Waals surface area contributed by atoms with Gasteiger partial charge in [-0.25, -0.2) is 0 Å². The summed E-state index contributed by atoms with van der Waals surface area (Å²) in [6.45, 7) is 1.72. The molecule has 1 aromatic heterocycles. The second kappa shape index (κ2) is 4.70. The van der Waals surface area contributed by atoms with E-state index in [-0.39, 0.29) is 6.54 Å². The molecule has 0 fully saturated rings. The van der Waals surface area contributed by atoms with Crippen LogP contribution in [0, 0.1) is 0 Å². The molecule has 0 aliphatic heterocycles. The number of rotatable bonds is 4. The van der Waals surface area contributed by atoms with E-state index in [1.165, 1.54) is 4.57 Å². The van der Waals surface area contributed by atoms with Crippen LogP contribution in [0.1, 0.15) is 31.4 Å². The van der Waals surface area contributed by atoms with Gasteiger partial charge in [0.15, 0.2) is 0 Å². The van der Waals surface area contributed by atoms with Gasteiger partial charge in [0.25, 0.3) is 0 Å². The molecule has 1 unspecified atom stereocenters. The number of aromatic nitrogens is 1. The largest absolute Gasteiger partial charge is 0.390 e. The molecule has 0 aliphatic carbocycles. The topological polar surface area (TPSA) is 25.2 Å². The van der Waals surface area contributed by atoms with E-state index in [1.54, 1.807) is 18.5 Å². The second-order valence-electron chi connectivity index (χ2n) is 3.47. The number of nitrogens with zero attached hydrogens (tertiary/aromatic N) is 1. The summed E-state index contributed by atoms with van der Waals surface area (Å²) < 4.78 is 37.2. The molecule has 86 valence electrons. The highest BCUT2D eigenvalue weighted by Crippen LogP contribution is 2.21. The minimum absolute atomic E-state index is 0.0973. The van der Waals surface area contributed by atoms with Crippen LogP contribution in [0.3, 0.4) is 0 Å². The van der Waals surface area contributed by atoms with Gasteiger partial charge in [0, 0.05) is 18.9 Å². The molecule has 1 rings (SSSR count). The van der Waals surface area contributed by atoms with Crippen molar-refractivity contribution in [3.8, 4) is 0 Å². The number of alkyl halides is 3. The standard InChI is InChI=1S/C10H14F3NO/c1-2-9(15)8-3-5-14(7-8)6-4-10(11,12)13/h3,5,7,9,15H,2,4,6H2,1H3. The average molecular weight is 221 g/mol. The van der Waals surface area contributed by atoms with E-state index in [2.05, 4.69) is 0 Å². The third kappa shape index (κ3) is 3.95. The first-order chi connectivity index (χ1) is 6.92. The van der Waals surface area contributed by atoms with Crippen molar-refractivity contribution in [2.24, 2.45) is 0 Å². The van der Waals surface area contributed by atoms with Crippen molar-refractivity contribution >= 4 is 0 Å². The van der Waals surface area contributed by atoms with Crippen LogP contribution < -0.4 is 0 Å². The van der Waals surface area contributed by atoms with Crippen LogP contribution >= 0.6 is 0 Å². The number of aliphatic hydroxyl groups is 1. The summed E-state index contributed by atoms with van der Waals surface area (Å²) in [6.07, 6.45) is -1.89. The van der Waals surface area contributed by atoms with Gasteiger partial charge in [0.1, 0.15) is 0 Å². The lowest BCUT2D eigenvalue weighted by Crippen LogP contribution is -2.11. The van der Waals surface area contributed by atoms with Gasteiger partial charge >= 0.3 is 6.18 Å². The Morgan fingerprint density at radius 2 is 2.13 bits per heavy atom. The van der Waals surface area contributed by atoms with Crippen LogP contribution in [0.25, 0.3) is 0 Å². The number of hydrogen-bond acceptors (Lipinski definition) is 1. The van der Waals surface area contributed by atoms with Crippen LogP contribution in [0.4, 0.5) is 13.2 Å². The summed E-state index contributed by atoms with van der Waals surface area (Å²) in [5.41, 5.74) is 0.666. The molecule has 1 atom stereocenters. The summed E-state index contributed by atoms with van der Waals surface area (Å²) in [4.78, 5) is 0. The lowest BCUT2D eigenvalue weighted by molar-refractivity contribution is -0.136. The molecule has 0 aromatic carbocycles. The van der Waals surface area contributed by atoms with Crippen LogP contribution in [-0.4, -0.2) is 15.8 Å². The normalized spacial score (nSPS) is 14.2. The predicted molar refractivity (Wildman–Crippen MR) is 50.4 cm³/mol. The van der Waals surface area contributed by atoms with Crippen molar-refractivity contribution in [3.05, 3.63) is 24.0 Å². The van der Waals surface area contributed by atoms with E-state index < -0.39 is 18.7 Å². The maximum absolute atomic E-state index is 11.9. The van der Waals surface area contributed by atoms with Crippen LogP contribution in [0.5, 0.6) is 0 Å². The number of aryl methyl sites for hydroxylation is 1. The van der Waals surface area contributed by atoms with Crippen LogP contribution in [-0.2, 0) is 6.54 Å². The van der Waals surface area contributed by atoms with Gasteiger partial charge in [0.2, 0.25) is 0 Å². The second-order valence-corrected chi connectivity index (χ2v) is 3.47. The van der Waals surface area contributed by atoms with Crippen molar-refractivity contribution in [2.45, 2.75) is 38.6 Å². The molecule has 0 saturated carbocycles. The smallest absolute Gasteiger partial charge is 0.388 e. The molecule has 0 spiro atoms. The maximum Gasteiger partial charge on any atom is 0.390 e. The first kappa shape index (κ1) is 12.1. The molecule has 5 heteroatoms. The Morgan fingerprint density at radius 3 is 2.67 bits per heavy atom. The summed E-state index contributed by atoms with van der Waals surface area (Å²) in [6, 6.07) is 1.64. The first-order valence-corrected chi connectivity index (χ1v) is 4.83. The van der Waals surface area contributed by atoms with E-state index in [0.29, 0.717) is 12.0 Å². The lowest BCUT2D eigenvalue weighted by atomic mass is 10.1. The van der Waals surface area contributed by atoms with Gasteiger partial charge in [0.05, 0.1) is 12.5 Å². The van der Waals surface area contributed by atoms with Crippen molar-refractivity contribution < 1.29 is 18.3 Å². The van der Waals surface area contributed by atoms with Gasteiger partial charge < -0.3 is 9.67 Å². The summed E-state index contributed by atoms with van der Waals surface area (Å²) in [5, 5.41) is 9.44. The van der Waals surface area contributed by atoms with E-state index in [4.69, 9.17) is 0 Å². The number of hydrogen-bond donors (Lipinski definition) is 1. The van der Waals surface area contributed by atoms with Crippen LogP contribution in [0.15, 0.2) is 18.5 Å². The zero-order valence-corrected chi connectivity index (χ0v) is 8.46. The SMILES string of the molecule is CCC(O)c1ccn(CCC(F)(F)F)c1. The molecule has 1 aromatic rings. The molecule has 0 amide bonds. The monoisotopic (exact) mass is 221 g/mol. The molecule has 15 heavy (non-hydrogen) atoms. The molecular formula is C10H14F3NO. The highest BCUT2D eigenvalue weighted by molar-refractivity contribution is 5.13. The zero-order valence-electron chi connectivity index (χ0n) is 8.46. The van der Waals surface area contributed by atoms with Crippen molar-refractivity contribution in [2.75, 3.05) is 0 Å². The third-order valence-electron chi connectivity index (χ3n) is 2.20. The Bertz CT molecular complexity index is 306. The van der Waals surface area contributed by atoms with Crippen molar-refractivity contribution in [1.29, 1.82) is 0 Å². The summed E-state index contributed by atoms with van der Waals surface area (Å²) in [5.74, 6) is 0. The Kier molecular flexibility index (Phi) is 3.79. The van der Waals surface area contributed by atoms with E-state index in [0.717, 1.165) is 0 Å². The number of halogens is 3. The fourth-order valence-electron chi connectivity index (χ4n) is 1.29. The minimum atomic E-state index is -4.13. The van der Waals surface area contributed by atoms with Crippen molar-refractivity contribution in [3.63, 3.8) is 0 Å². The Hall–Kier alpha value is -0.970. The van der Waals surface area contributed by atoms with Gasteiger partial charge in [-0.2, -0.15) is 13.2 Å². The minimum Gasteiger partial charge on any atom is -0.388 e. The van der Waals surface area contributed by atoms with Gasteiger partial charge in [-0.05, 0) is 18.1 Å². The van der Waals surface area contributed by atoms with Gasteiger partial charge in [-0.1, -0.05) is 6.92 Å². The first-order valence-electron chi connectivity index (χ1n) is 4.83. The fourth-order valence-corrected chi connectivity index (χ4v) is 1.29. The maximum atomic E-state index is 11.9. The molecule has 2 nitrogen and oxygen atoms in total. The van der Waals surface area contributed by atoms with E-state index in [1.807, 2.05) is 6.92 Å². The zero-order chi connectivity index (χ0) is 11.5. The predicted octanol–water partition coefficient (Wildman–Crippen LogP) is 2.88. The fraction of sp³-hybridized carbons (Fsp3) is 0.600. The Labute approximate surface area is 86.3 Å². The lowest BCUT2D eigenvalue weighted by Gasteiger charge is -2.07. The average Bonchev–Trinajstić information content (AvgIpc) is 2.61. The molecule has 1 heterocycles. The highest BCUT2D eigenvalue weighted by atomic mass is 19.4. The molecule has 0 bridgehead atoms. The van der Waals surface area contributed by atoms with E-state index in [9.17, 15) is 18.3 Å². The molecule has 0 saturated heterocycles. The van der Waals surface area contributed by atoms with Crippen LogP contribution in [0.2, 0.25) is 0 Å². The molecule has 1 N–H and O–H groups in total. The van der Waals surface area contributed by atoms with E-state index >= 15 is 0 Å². The summed E-state index contributed by atoms with van der Waals surface area (Å²) in [7, 11) is 0. The Morgan fingerprint density at radius 1 is 1.47 bits per heavy atom. The number of aliphatic hydroxyl groups excluding tert-OH is 1. The quantitative estimate of drug-likeness (QED) is 0.830. The third-order valence-corrected chi connectivity index (χ3v) is 2.20.